The number of halogens is 3. The summed E-state index contributed by atoms with van der Waals surface area (Å²) in [7, 11) is -3.84. The van der Waals surface area contributed by atoms with Crippen LogP contribution >= 0.6 is 39.1 Å². The second-order valence-electron chi connectivity index (χ2n) is 4.38. The molecule has 0 aliphatic rings. The number of nitrogen functional groups attached to an aromatic ring is 1. The first-order valence-corrected chi connectivity index (χ1v) is 8.77. The van der Waals surface area contributed by atoms with Crippen LogP contribution in [0.2, 0.25) is 10.0 Å². The summed E-state index contributed by atoms with van der Waals surface area (Å²) in [5.74, 6) is 0. The average molecular weight is 410 g/mol. The Hall–Kier alpha value is -0.950. The maximum Gasteiger partial charge on any atom is 0.263 e. The van der Waals surface area contributed by atoms with E-state index in [1.807, 2.05) is 0 Å². The molecule has 0 amide bonds. The van der Waals surface area contributed by atoms with E-state index < -0.39 is 10.0 Å². The van der Waals surface area contributed by atoms with Gasteiger partial charge >= 0.3 is 0 Å². The molecule has 0 aliphatic heterocycles. The summed E-state index contributed by atoms with van der Waals surface area (Å²) in [6, 6.07) is 7.58. The van der Waals surface area contributed by atoms with Crippen molar-refractivity contribution < 1.29 is 8.42 Å². The minimum atomic E-state index is -3.84. The smallest absolute Gasteiger partial charge is 0.263 e. The molecule has 0 aromatic heterocycles. The molecule has 0 fully saturated rings. The van der Waals surface area contributed by atoms with E-state index in [-0.39, 0.29) is 15.6 Å². The Morgan fingerprint density at radius 2 is 1.81 bits per heavy atom. The van der Waals surface area contributed by atoms with Crippen LogP contribution in [0.3, 0.4) is 0 Å². The number of benzene rings is 2. The van der Waals surface area contributed by atoms with E-state index in [0.717, 1.165) is 5.56 Å². The molecular weight excluding hydrogens is 399 g/mol. The van der Waals surface area contributed by atoms with Crippen molar-refractivity contribution in [3.05, 3.63) is 50.4 Å². The molecule has 0 atom stereocenters. The Bertz CT molecular complexity index is 810. The van der Waals surface area contributed by atoms with Crippen molar-refractivity contribution >= 4 is 60.5 Å². The van der Waals surface area contributed by atoms with Gasteiger partial charge in [-0.1, -0.05) is 23.2 Å². The van der Waals surface area contributed by atoms with E-state index in [1.165, 1.54) is 12.1 Å². The third-order valence-corrected chi connectivity index (χ3v) is 5.82. The molecule has 8 heteroatoms. The van der Waals surface area contributed by atoms with Gasteiger partial charge in [0.1, 0.15) is 4.90 Å². The van der Waals surface area contributed by atoms with E-state index >= 15 is 0 Å². The monoisotopic (exact) mass is 408 g/mol. The molecule has 0 aliphatic carbocycles. The Morgan fingerprint density at radius 1 is 1.14 bits per heavy atom. The van der Waals surface area contributed by atoms with Gasteiger partial charge in [0.2, 0.25) is 0 Å². The number of nitrogens with two attached hydrogens (primary N) is 1. The SMILES string of the molecule is Cc1cc(Cl)c(NS(=O)(=O)c2cc(N)ccc2Br)cc1Cl. The van der Waals surface area contributed by atoms with E-state index in [0.29, 0.717) is 15.2 Å². The van der Waals surface area contributed by atoms with Gasteiger partial charge in [0.15, 0.2) is 0 Å². The zero-order valence-electron chi connectivity index (χ0n) is 10.8. The molecule has 2 rings (SSSR count). The fraction of sp³-hybridized carbons (Fsp3) is 0.0769. The second-order valence-corrected chi connectivity index (χ2v) is 7.70. The fourth-order valence-corrected chi connectivity index (χ4v) is 4.21. The molecular formula is C13H11BrCl2N2O2S. The molecule has 3 N–H and O–H groups in total. The number of aryl methyl sites for hydroxylation is 1. The van der Waals surface area contributed by atoms with Crippen molar-refractivity contribution in [2.24, 2.45) is 0 Å². The standard InChI is InChI=1S/C13H11BrCl2N2O2S/c1-7-4-11(16)12(6-10(7)15)18-21(19,20)13-5-8(17)2-3-9(13)14/h2-6,18H,17H2,1H3. The summed E-state index contributed by atoms with van der Waals surface area (Å²) in [5.41, 5.74) is 6.94. The highest BCUT2D eigenvalue weighted by Gasteiger charge is 2.20. The summed E-state index contributed by atoms with van der Waals surface area (Å²) in [6.45, 7) is 1.78. The topological polar surface area (TPSA) is 72.2 Å². The van der Waals surface area contributed by atoms with Crippen LogP contribution in [0.4, 0.5) is 11.4 Å². The molecule has 2 aromatic carbocycles. The van der Waals surface area contributed by atoms with Gasteiger partial charge in [-0.2, -0.15) is 0 Å². The van der Waals surface area contributed by atoms with Gasteiger partial charge < -0.3 is 5.73 Å². The molecule has 0 radical (unpaired) electrons. The highest BCUT2D eigenvalue weighted by molar-refractivity contribution is 9.10. The first-order valence-electron chi connectivity index (χ1n) is 5.74. The number of hydrogen-bond acceptors (Lipinski definition) is 3. The van der Waals surface area contributed by atoms with E-state index in [1.54, 1.807) is 25.1 Å². The van der Waals surface area contributed by atoms with E-state index in [9.17, 15) is 8.42 Å². The number of nitrogens with one attached hydrogen (secondary N) is 1. The molecule has 112 valence electrons. The molecule has 0 heterocycles. The minimum absolute atomic E-state index is 0.0234. The Morgan fingerprint density at radius 3 is 2.48 bits per heavy atom. The largest absolute Gasteiger partial charge is 0.399 e. The van der Waals surface area contributed by atoms with Crippen molar-refractivity contribution in [3.8, 4) is 0 Å². The number of hydrogen-bond donors (Lipinski definition) is 2. The van der Waals surface area contributed by atoms with Gasteiger partial charge in [-0.15, -0.1) is 0 Å². The molecule has 4 nitrogen and oxygen atoms in total. The average Bonchev–Trinajstić information content (AvgIpc) is 2.38. The summed E-state index contributed by atoms with van der Waals surface area (Å²) >= 11 is 15.2. The normalized spacial score (nSPS) is 11.4. The predicted molar refractivity (Wildman–Crippen MR) is 90.6 cm³/mol. The maximum atomic E-state index is 12.4. The lowest BCUT2D eigenvalue weighted by Crippen LogP contribution is -2.14. The number of sulfonamides is 1. The van der Waals surface area contributed by atoms with Crippen LogP contribution in [0.15, 0.2) is 39.7 Å². The van der Waals surface area contributed by atoms with Crippen LogP contribution < -0.4 is 10.5 Å². The van der Waals surface area contributed by atoms with Gasteiger partial charge in [0, 0.05) is 15.2 Å². The molecule has 0 bridgehead atoms. The van der Waals surface area contributed by atoms with Crippen LogP contribution in [0.1, 0.15) is 5.56 Å². The maximum absolute atomic E-state index is 12.4. The minimum Gasteiger partial charge on any atom is -0.399 e. The van der Waals surface area contributed by atoms with Gasteiger partial charge in [-0.25, -0.2) is 8.42 Å². The molecule has 0 saturated carbocycles. The Balaban J connectivity index is 2.47. The lowest BCUT2D eigenvalue weighted by atomic mass is 10.2. The van der Waals surface area contributed by atoms with Gasteiger partial charge in [-0.3, -0.25) is 4.72 Å². The second kappa shape index (κ2) is 6.04. The first kappa shape index (κ1) is 16.4. The highest BCUT2D eigenvalue weighted by atomic mass is 79.9. The fourth-order valence-electron chi connectivity index (χ4n) is 1.65. The summed E-state index contributed by atoms with van der Waals surface area (Å²) < 4.78 is 27.7. The number of anilines is 2. The summed E-state index contributed by atoms with van der Waals surface area (Å²) in [6.07, 6.45) is 0. The van der Waals surface area contributed by atoms with Crippen molar-refractivity contribution in [1.82, 2.24) is 0 Å². The van der Waals surface area contributed by atoms with Gasteiger partial charge in [-0.05, 0) is 58.7 Å². The third kappa shape index (κ3) is 3.63. The Kier molecular flexibility index (Phi) is 4.72. The van der Waals surface area contributed by atoms with E-state index in [2.05, 4.69) is 20.7 Å². The summed E-state index contributed by atoms with van der Waals surface area (Å²) in [4.78, 5) is 0.0234. The van der Waals surface area contributed by atoms with Crippen LogP contribution in [0.5, 0.6) is 0 Å². The zero-order valence-corrected chi connectivity index (χ0v) is 14.7. The van der Waals surface area contributed by atoms with Crippen LogP contribution in [-0.4, -0.2) is 8.42 Å². The molecule has 21 heavy (non-hydrogen) atoms. The van der Waals surface area contributed by atoms with Crippen molar-refractivity contribution in [3.63, 3.8) is 0 Å². The molecule has 2 aromatic rings. The quantitative estimate of drug-likeness (QED) is 0.735. The summed E-state index contributed by atoms with van der Waals surface area (Å²) in [5, 5.41) is 0.684. The molecule has 0 spiro atoms. The van der Waals surface area contributed by atoms with Gasteiger partial charge in [0.05, 0.1) is 10.7 Å². The predicted octanol–water partition coefficient (Wildman–Crippen LogP) is 4.45. The van der Waals surface area contributed by atoms with Crippen LogP contribution in [0.25, 0.3) is 0 Å². The van der Waals surface area contributed by atoms with Crippen LogP contribution in [-0.2, 0) is 10.0 Å². The van der Waals surface area contributed by atoms with E-state index in [4.69, 9.17) is 28.9 Å². The lowest BCUT2D eigenvalue weighted by molar-refractivity contribution is 0.601. The highest BCUT2D eigenvalue weighted by Crippen LogP contribution is 2.32. The third-order valence-electron chi connectivity index (χ3n) is 2.74. The zero-order chi connectivity index (χ0) is 15.8. The first-order chi connectivity index (χ1) is 9.70. The molecule has 0 saturated heterocycles. The Labute approximate surface area is 141 Å². The van der Waals surface area contributed by atoms with Crippen molar-refractivity contribution in [1.29, 1.82) is 0 Å². The van der Waals surface area contributed by atoms with Gasteiger partial charge in [0.25, 0.3) is 10.0 Å². The van der Waals surface area contributed by atoms with Crippen LogP contribution in [0, 0.1) is 6.92 Å². The van der Waals surface area contributed by atoms with Crippen molar-refractivity contribution in [2.75, 3.05) is 10.5 Å². The lowest BCUT2D eigenvalue weighted by Gasteiger charge is -2.12. The number of rotatable bonds is 3. The molecule has 0 unspecified atom stereocenters. The van der Waals surface area contributed by atoms with Crippen molar-refractivity contribution in [2.45, 2.75) is 11.8 Å².